The molecule has 0 aromatic heterocycles. The van der Waals surface area contributed by atoms with Gasteiger partial charge in [-0.3, -0.25) is 5.32 Å². The normalized spacial score (nSPS) is 28.4. The SMILES string of the molecule is O[C@@H]1c2ccccc2[C@]2(c3ccc(Cl)cc3)NCCN12. The van der Waals surface area contributed by atoms with Gasteiger partial charge in [-0.15, -0.1) is 0 Å². The third-order valence-corrected chi connectivity index (χ3v) is 4.60. The topological polar surface area (TPSA) is 35.5 Å². The Hall–Kier alpha value is -1.39. The van der Waals surface area contributed by atoms with E-state index in [4.69, 9.17) is 11.6 Å². The molecule has 0 aliphatic carbocycles. The van der Waals surface area contributed by atoms with Gasteiger partial charge in [-0.2, -0.15) is 0 Å². The average molecular weight is 287 g/mol. The minimum absolute atomic E-state index is 0.430. The number of aliphatic hydroxyl groups excluding tert-OH is 1. The molecule has 0 radical (unpaired) electrons. The van der Waals surface area contributed by atoms with Crippen molar-refractivity contribution < 1.29 is 5.11 Å². The molecule has 3 nitrogen and oxygen atoms in total. The average Bonchev–Trinajstić information content (AvgIpc) is 3.01. The van der Waals surface area contributed by atoms with Crippen LogP contribution in [-0.4, -0.2) is 23.1 Å². The molecule has 2 heterocycles. The van der Waals surface area contributed by atoms with Gasteiger partial charge in [-0.1, -0.05) is 48.0 Å². The molecule has 2 N–H and O–H groups in total. The van der Waals surface area contributed by atoms with Crippen molar-refractivity contribution >= 4 is 11.6 Å². The van der Waals surface area contributed by atoms with Gasteiger partial charge in [0, 0.05) is 23.7 Å². The third kappa shape index (κ3) is 1.46. The predicted molar refractivity (Wildman–Crippen MR) is 78.3 cm³/mol. The molecule has 0 bridgehead atoms. The Labute approximate surface area is 122 Å². The maximum Gasteiger partial charge on any atom is 0.135 e. The highest BCUT2D eigenvalue weighted by atomic mass is 35.5. The van der Waals surface area contributed by atoms with Crippen LogP contribution in [0.15, 0.2) is 48.5 Å². The van der Waals surface area contributed by atoms with E-state index in [1.165, 1.54) is 0 Å². The number of halogens is 1. The maximum absolute atomic E-state index is 10.6. The maximum atomic E-state index is 10.6. The number of aliphatic hydroxyl groups is 1. The summed E-state index contributed by atoms with van der Waals surface area (Å²) in [7, 11) is 0. The van der Waals surface area contributed by atoms with Crippen molar-refractivity contribution in [3.05, 3.63) is 70.2 Å². The molecule has 102 valence electrons. The Morgan fingerprint density at radius 2 is 1.90 bits per heavy atom. The first-order valence-corrected chi connectivity index (χ1v) is 7.16. The molecule has 2 aliphatic heterocycles. The van der Waals surface area contributed by atoms with Crippen LogP contribution in [0.25, 0.3) is 0 Å². The van der Waals surface area contributed by atoms with Gasteiger partial charge in [0.2, 0.25) is 0 Å². The lowest BCUT2D eigenvalue weighted by molar-refractivity contribution is -0.0173. The summed E-state index contributed by atoms with van der Waals surface area (Å²) in [4.78, 5) is 2.11. The number of nitrogens with one attached hydrogen (secondary N) is 1. The number of nitrogens with zero attached hydrogens (tertiary/aromatic N) is 1. The van der Waals surface area contributed by atoms with Crippen LogP contribution in [0.2, 0.25) is 5.02 Å². The molecule has 2 aromatic carbocycles. The molecule has 1 fully saturated rings. The van der Waals surface area contributed by atoms with Gasteiger partial charge in [0.1, 0.15) is 11.9 Å². The lowest BCUT2D eigenvalue weighted by Gasteiger charge is -2.34. The molecule has 2 aromatic rings. The fourth-order valence-corrected chi connectivity index (χ4v) is 3.64. The Morgan fingerprint density at radius 1 is 1.15 bits per heavy atom. The quantitative estimate of drug-likeness (QED) is 0.845. The Balaban J connectivity index is 1.96. The number of rotatable bonds is 1. The highest BCUT2D eigenvalue weighted by molar-refractivity contribution is 6.30. The van der Waals surface area contributed by atoms with Crippen LogP contribution < -0.4 is 5.32 Å². The van der Waals surface area contributed by atoms with Gasteiger partial charge in [0.25, 0.3) is 0 Å². The van der Waals surface area contributed by atoms with Gasteiger partial charge in [0.15, 0.2) is 0 Å². The van der Waals surface area contributed by atoms with Crippen molar-refractivity contribution in [1.82, 2.24) is 10.2 Å². The first-order chi connectivity index (χ1) is 9.73. The van der Waals surface area contributed by atoms with E-state index in [1.807, 2.05) is 42.5 Å². The van der Waals surface area contributed by atoms with Crippen molar-refractivity contribution in [2.45, 2.75) is 11.9 Å². The van der Waals surface area contributed by atoms with E-state index in [0.29, 0.717) is 0 Å². The standard InChI is InChI=1S/C16H15ClN2O/c17-12-7-5-11(6-8-12)16-14-4-2-1-3-13(14)15(20)19(16)10-9-18-16/h1-8,15,18,20H,9-10H2/t15-,16-/m1/s1. The molecule has 0 saturated carbocycles. The zero-order valence-electron chi connectivity index (χ0n) is 10.9. The number of benzene rings is 2. The van der Waals surface area contributed by atoms with Gasteiger partial charge in [-0.05, 0) is 23.3 Å². The smallest absolute Gasteiger partial charge is 0.135 e. The van der Waals surface area contributed by atoms with Crippen LogP contribution in [0.1, 0.15) is 22.9 Å². The van der Waals surface area contributed by atoms with E-state index < -0.39 is 11.9 Å². The number of hydrogen-bond donors (Lipinski definition) is 2. The van der Waals surface area contributed by atoms with E-state index in [-0.39, 0.29) is 0 Å². The molecule has 20 heavy (non-hydrogen) atoms. The highest BCUT2D eigenvalue weighted by Crippen LogP contribution is 2.49. The first-order valence-electron chi connectivity index (χ1n) is 6.79. The predicted octanol–water partition coefficient (Wildman–Crippen LogP) is 2.45. The van der Waals surface area contributed by atoms with Crippen molar-refractivity contribution in [1.29, 1.82) is 0 Å². The molecule has 0 amide bonds. The van der Waals surface area contributed by atoms with Gasteiger partial charge < -0.3 is 5.11 Å². The Bertz CT molecular complexity index is 658. The van der Waals surface area contributed by atoms with Crippen LogP contribution >= 0.6 is 11.6 Å². The molecule has 4 heteroatoms. The first kappa shape index (κ1) is 12.4. The molecule has 0 unspecified atom stereocenters. The fourth-order valence-electron chi connectivity index (χ4n) is 3.52. The summed E-state index contributed by atoms with van der Waals surface area (Å²) < 4.78 is 0. The second kappa shape index (κ2) is 4.30. The fraction of sp³-hybridized carbons (Fsp3) is 0.250. The summed E-state index contributed by atoms with van der Waals surface area (Å²) in [6.45, 7) is 1.67. The van der Waals surface area contributed by atoms with Crippen LogP contribution in [-0.2, 0) is 5.66 Å². The van der Waals surface area contributed by atoms with E-state index in [9.17, 15) is 5.11 Å². The van der Waals surface area contributed by atoms with E-state index in [1.54, 1.807) is 0 Å². The van der Waals surface area contributed by atoms with E-state index in [0.717, 1.165) is 34.8 Å². The van der Waals surface area contributed by atoms with Crippen LogP contribution in [0.4, 0.5) is 0 Å². The highest BCUT2D eigenvalue weighted by Gasteiger charge is 2.53. The van der Waals surface area contributed by atoms with Crippen LogP contribution in [0, 0.1) is 0 Å². The lowest BCUT2D eigenvalue weighted by Crippen LogP contribution is -2.46. The number of hydrogen-bond acceptors (Lipinski definition) is 3. The van der Waals surface area contributed by atoms with Crippen molar-refractivity contribution in [3.8, 4) is 0 Å². The van der Waals surface area contributed by atoms with Crippen molar-refractivity contribution in [3.63, 3.8) is 0 Å². The third-order valence-electron chi connectivity index (χ3n) is 4.35. The molecule has 2 atom stereocenters. The van der Waals surface area contributed by atoms with Crippen molar-refractivity contribution in [2.75, 3.05) is 13.1 Å². The second-order valence-electron chi connectivity index (χ2n) is 5.30. The Kier molecular flexibility index (Phi) is 2.66. The zero-order chi connectivity index (χ0) is 13.7. The molecule has 4 rings (SSSR count). The molecule has 1 saturated heterocycles. The van der Waals surface area contributed by atoms with E-state index >= 15 is 0 Å². The largest absolute Gasteiger partial charge is 0.374 e. The van der Waals surface area contributed by atoms with E-state index in [2.05, 4.69) is 16.3 Å². The minimum Gasteiger partial charge on any atom is -0.374 e. The molecule has 0 spiro atoms. The summed E-state index contributed by atoms with van der Waals surface area (Å²) in [6.07, 6.45) is -0.558. The summed E-state index contributed by atoms with van der Waals surface area (Å²) in [5.74, 6) is 0. The number of fused-ring (bicyclic) bond motifs is 3. The van der Waals surface area contributed by atoms with Gasteiger partial charge in [0.05, 0.1) is 0 Å². The van der Waals surface area contributed by atoms with Crippen LogP contribution in [0.5, 0.6) is 0 Å². The molecular formula is C16H15ClN2O. The van der Waals surface area contributed by atoms with Gasteiger partial charge in [-0.25, -0.2) is 4.90 Å². The summed E-state index contributed by atoms with van der Waals surface area (Å²) in [6, 6.07) is 15.9. The van der Waals surface area contributed by atoms with Crippen LogP contribution in [0.3, 0.4) is 0 Å². The lowest BCUT2D eigenvalue weighted by atomic mass is 9.91. The second-order valence-corrected chi connectivity index (χ2v) is 5.73. The monoisotopic (exact) mass is 286 g/mol. The van der Waals surface area contributed by atoms with Crippen molar-refractivity contribution in [2.24, 2.45) is 0 Å². The summed E-state index contributed by atoms with van der Waals surface area (Å²) in [5, 5.41) is 14.9. The Morgan fingerprint density at radius 3 is 2.70 bits per heavy atom. The summed E-state index contributed by atoms with van der Waals surface area (Å²) >= 11 is 6.00. The molecule has 2 aliphatic rings. The van der Waals surface area contributed by atoms with Gasteiger partial charge >= 0.3 is 0 Å². The zero-order valence-corrected chi connectivity index (χ0v) is 11.6. The summed E-state index contributed by atoms with van der Waals surface area (Å²) in [5.41, 5.74) is 2.80. The molecular weight excluding hydrogens is 272 g/mol. The minimum atomic E-state index is -0.558.